The summed E-state index contributed by atoms with van der Waals surface area (Å²) >= 11 is 5.69. The van der Waals surface area contributed by atoms with Gasteiger partial charge in [0.05, 0.1) is 12.1 Å². The third-order valence-corrected chi connectivity index (χ3v) is 3.01. The molecule has 1 aliphatic rings. The first-order valence-electron chi connectivity index (χ1n) is 5.02. The maximum Gasteiger partial charge on any atom is 0.151 e. The van der Waals surface area contributed by atoms with Crippen LogP contribution in [0.1, 0.15) is 13.3 Å². The molecule has 1 aromatic heterocycles. The van der Waals surface area contributed by atoms with Crippen LogP contribution in [0.3, 0.4) is 0 Å². The number of rotatable bonds is 2. The van der Waals surface area contributed by atoms with Crippen molar-refractivity contribution in [2.24, 2.45) is 0 Å². The van der Waals surface area contributed by atoms with Crippen LogP contribution >= 0.6 is 11.6 Å². The van der Waals surface area contributed by atoms with E-state index in [0.717, 1.165) is 18.8 Å². The number of ether oxygens (including phenoxy) is 1. The normalized spacial score (nSPS) is 25.5. The highest BCUT2D eigenvalue weighted by Gasteiger charge is 2.28. The highest BCUT2D eigenvalue weighted by atomic mass is 35.5. The fourth-order valence-corrected chi connectivity index (χ4v) is 2.00. The smallest absolute Gasteiger partial charge is 0.151 e. The minimum Gasteiger partial charge on any atom is -0.376 e. The Bertz CT molecular complexity index is 330. The summed E-state index contributed by atoms with van der Waals surface area (Å²) in [6.07, 6.45) is 1.27. The van der Waals surface area contributed by atoms with Gasteiger partial charge in [-0.15, -0.1) is 10.2 Å². The van der Waals surface area contributed by atoms with Crippen molar-refractivity contribution in [1.82, 2.24) is 10.2 Å². The van der Waals surface area contributed by atoms with Crippen LogP contribution in [0.25, 0.3) is 0 Å². The number of hydrogen-bond donors (Lipinski definition) is 0. The number of aromatic nitrogens is 2. The SMILES string of the molecule is CC1OCCC1N(C)c1ccc(Cl)nn1. The molecule has 2 atom stereocenters. The van der Waals surface area contributed by atoms with Gasteiger partial charge in [-0.05, 0) is 25.5 Å². The van der Waals surface area contributed by atoms with Crippen molar-refractivity contribution in [1.29, 1.82) is 0 Å². The molecule has 0 radical (unpaired) electrons. The Morgan fingerprint density at radius 3 is 2.80 bits per heavy atom. The number of halogens is 1. The van der Waals surface area contributed by atoms with Crippen LogP contribution < -0.4 is 4.90 Å². The Balaban J connectivity index is 2.13. The summed E-state index contributed by atoms with van der Waals surface area (Å²) in [5, 5.41) is 8.29. The summed E-state index contributed by atoms with van der Waals surface area (Å²) in [6, 6.07) is 4.00. The van der Waals surface area contributed by atoms with Crippen molar-refractivity contribution in [3.05, 3.63) is 17.3 Å². The fourth-order valence-electron chi connectivity index (χ4n) is 1.90. The third kappa shape index (κ3) is 2.21. The van der Waals surface area contributed by atoms with E-state index in [0.29, 0.717) is 11.2 Å². The molecule has 1 aromatic rings. The number of hydrogen-bond acceptors (Lipinski definition) is 4. The van der Waals surface area contributed by atoms with Crippen LogP contribution in [0.15, 0.2) is 12.1 Å². The second kappa shape index (κ2) is 4.33. The Morgan fingerprint density at radius 1 is 1.47 bits per heavy atom. The first kappa shape index (κ1) is 10.6. The lowest BCUT2D eigenvalue weighted by atomic mass is 10.1. The lowest BCUT2D eigenvalue weighted by molar-refractivity contribution is 0.118. The monoisotopic (exact) mass is 227 g/mol. The van der Waals surface area contributed by atoms with Gasteiger partial charge in [-0.2, -0.15) is 0 Å². The summed E-state index contributed by atoms with van der Waals surface area (Å²) in [7, 11) is 2.01. The van der Waals surface area contributed by atoms with Crippen molar-refractivity contribution in [2.75, 3.05) is 18.6 Å². The van der Waals surface area contributed by atoms with Crippen LogP contribution in [0.2, 0.25) is 5.15 Å². The second-order valence-corrected chi connectivity index (χ2v) is 4.14. The number of nitrogens with zero attached hydrogens (tertiary/aromatic N) is 3. The molecule has 1 fully saturated rings. The Morgan fingerprint density at radius 2 is 2.27 bits per heavy atom. The van der Waals surface area contributed by atoms with Gasteiger partial charge in [0.15, 0.2) is 11.0 Å². The van der Waals surface area contributed by atoms with Crippen LogP contribution in [0.4, 0.5) is 5.82 Å². The molecule has 2 unspecified atom stereocenters. The first-order valence-corrected chi connectivity index (χ1v) is 5.40. The molecule has 1 aliphatic heterocycles. The maximum atomic E-state index is 5.69. The van der Waals surface area contributed by atoms with E-state index in [4.69, 9.17) is 16.3 Å². The van der Waals surface area contributed by atoms with Crippen LogP contribution in [0.5, 0.6) is 0 Å². The largest absolute Gasteiger partial charge is 0.376 e. The summed E-state index contributed by atoms with van der Waals surface area (Å²) in [6.45, 7) is 2.90. The Kier molecular flexibility index (Phi) is 3.07. The molecule has 0 bridgehead atoms. The second-order valence-electron chi connectivity index (χ2n) is 3.76. The van der Waals surface area contributed by atoms with Gasteiger partial charge in [0.2, 0.25) is 0 Å². The molecule has 0 N–H and O–H groups in total. The highest BCUT2D eigenvalue weighted by molar-refractivity contribution is 6.29. The topological polar surface area (TPSA) is 38.2 Å². The molecular formula is C10H14ClN3O. The Hall–Kier alpha value is -0.870. The van der Waals surface area contributed by atoms with Gasteiger partial charge in [-0.1, -0.05) is 11.6 Å². The number of anilines is 1. The predicted octanol–water partition coefficient (Wildman–Crippen LogP) is 1.74. The van der Waals surface area contributed by atoms with E-state index in [2.05, 4.69) is 22.0 Å². The fraction of sp³-hybridized carbons (Fsp3) is 0.600. The van der Waals surface area contributed by atoms with Crippen molar-refractivity contribution < 1.29 is 4.74 Å². The van der Waals surface area contributed by atoms with E-state index < -0.39 is 0 Å². The van der Waals surface area contributed by atoms with E-state index >= 15 is 0 Å². The van der Waals surface area contributed by atoms with E-state index in [1.165, 1.54) is 0 Å². The summed E-state index contributed by atoms with van der Waals surface area (Å²) in [5.41, 5.74) is 0. The van der Waals surface area contributed by atoms with Gasteiger partial charge in [0.1, 0.15) is 0 Å². The minimum absolute atomic E-state index is 0.243. The molecule has 0 spiro atoms. The van der Waals surface area contributed by atoms with Gasteiger partial charge in [-0.3, -0.25) is 0 Å². The molecule has 0 aromatic carbocycles. The first-order chi connectivity index (χ1) is 7.18. The van der Waals surface area contributed by atoms with Crippen molar-refractivity contribution >= 4 is 17.4 Å². The summed E-state index contributed by atoms with van der Waals surface area (Å²) < 4.78 is 5.52. The van der Waals surface area contributed by atoms with E-state index in [1.54, 1.807) is 6.07 Å². The molecule has 4 nitrogen and oxygen atoms in total. The van der Waals surface area contributed by atoms with Crippen molar-refractivity contribution in [3.63, 3.8) is 0 Å². The molecule has 5 heteroatoms. The third-order valence-electron chi connectivity index (χ3n) is 2.81. The van der Waals surface area contributed by atoms with E-state index in [-0.39, 0.29) is 6.10 Å². The molecule has 82 valence electrons. The van der Waals surface area contributed by atoms with Crippen LogP contribution in [-0.2, 0) is 4.74 Å². The van der Waals surface area contributed by atoms with Gasteiger partial charge >= 0.3 is 0 Å². The van der Waals surface area contributed by atoms with Gasteiger partial charge < -0.3 is 9.64 Å². The van der Waals surface area contributed by atoms with Gasteiger partial charge in [0, 0.05) is 13.7 Å². The lowest BCUT2D eigenvalue weighted by Gasteiger charge is -2.27. The van der Waals surface area contributed by atoms with Crippen LogP contribution in [0, 0.1) is 0 Å². The molecule has 1 saturated heterocycles. The standard InChI is InChI=1S/C10H14ClN3O/c1-7-8(5-6-15-7)14(2)10-4-3-9(11)12-13-10/h3-4,7-8H,5-6H2,1-2H3. The van der Waals surface area contributed by atoms with E-state index in [1.807, 2.05) is 13.1 Å². The zero-order valence-corrected chi connectivity index (χ0v) is 9.61. The van der Waals surface area contributed by atoms with Crippen molar-refractivity contribution in [3.8, 4) is 0 Å². The summed E-state index contributed by atoms with van der Waals surface area (Å²) in [5.74, 6) is 0.835. The molecular weight excluding hydrogens is 214 g/mol. The maximum absolute atomic E-state index is 5.69. The molecule has 15 heavy (non-hydrogen) atoms. The lowest BCUT2D eigenvalue weighted by Crippen LogP contribution is -2.37. The quantitative estimate of drug-likeness (QED) is 0.772. The Labute approximate surface area is 94.2 Å². The van der Waals surface area contributed by atoms with Crippen LogP contribution in [-0.4, -0.2) is 36.0 Å². The predicted molar refractivity (Wildman–Crippen MR) is 59.3 cm³/mol. The zero-order chi connectivity index (χ0) is 10.8. The average molecular weight is 228 g/mol. The minimum atomic E-state index is 0.243. The summed E-state index contributed by atoms with van der Waals surface area (Å²) in [4.78, 5) is 2.10. The number of likely N-dealkylation sites (N-methyl/N-ethyl adjacent to an activating group) is 1. The van der Waals surface area contributed by atoms with Crippen molar-refractivity contribution in [2.45, 2.75) is 25.5 Å². The zero-order valence-electron chi connectivity index (χ0n) is 8.85. The highest BCUT2D eigenvalue weighted by Crippen LogP contribution is 2.22. The average Bonchev–Trinajstić information content (AvgIpc) is 2.65. The molecule has 2 rings (SSSR count). The molecule has 2 heterocycles. The molecule has 0 aliphatic carbocycles. The molecule has 0 saturated carbocycles. The molecule has 0 amide bonds. The van der Waals surface area contributed by atoms with Gasteiger partial charge in [-0.25, -0.2) is 0 Å². The van der Waals surface area contributed by atoms with Gasteiger partial charge in [0.25, 0.3) is 0 Å². The van der Waals surface area contributed by atoms with E-state index in [9.17, 15) is 0 Å².